The minimum Gasteiger partial charge on any atom is -0.462 e. The summed E-state index contributed by atoms with van der Waals surface area (Å²) in [4.78, 5) is 52.7. The highest BCUT2D eigenvalue weighted by molar-refractivity contribution is 7.47. The van der Waals surface area contributed by atoms with Crippen LogP contribution >= 0.6 is 15.6 Å². The average Bonchev–Trinajstić information content (AvgIpc) is 3.23. The zero-order chi connectivity index (χ0) is 46.0. The zero-order valence-electron chi connectivity index (χ0n) is 37.6. The molecule has 0 aromatic heterocycles. The van der Waals surface area contributed by atoms with Crippen molar-refractivity contribution >= 4 is 27.6 Å². The number of hydrogen-bond acceptors (Lipinski definition) is 11. The van der Waals surface area contributed by atoms with E-state index >= 15 is 0 Å². The highest BCUT2D eigenvalue weighted by Gasteiger charge is 2.28. The topological polar surface area (TPSA) is 216 Å². The van der Waals surface area contributed by atoms with E-state index in [1.54, 1.807) is 18.2 Å². The maximum absolute atomic E-state index is 12.7. The van der Waals surface area contributed by atoms with Gasteiger partial charge in [-0.05, 0) is 77.0 Å². The fraction of sp³-hybridized carbons (Fsp3) is 0.696. The Morgan fingerprint density at radius 3 is 1.63 bits per heavy atom. The van der Waals surface area contributed by atoms with E-state index in [9.17, 15) is 33.8 Å². The Hall–Kier alpha value is -2.48. The second kappa shape index (κ2) is 41.2. The van der Waals surface area contributed by atoms with Gasteiger partial charge in [-0.3, -0.25) is 23.2 Å². The fourth-order valence-corrected chi connectivity index (χ4v) is 6.78. The number of esters is 2. The minimum absolute atomic E-state index is 0.0553. The Morgan fingerprint density at radius 2 is 1.03 bits per heavy atom. The Labute approximate surface area is 372 Å². The largest absolute Gasteiger partial charge is 0.472 e. The second-order valence-corrected chi connectivity index (χ2v) is 17.9. The molecule has 0 amide bonds. The number of rotatable bonds is 42. The number of allylic oxidation sites excluding steroid dienone is 10. The van der Waals surface area contributed by atoms with Crippen molar-refractivity contribution in [3.8, 4) is 0 Å². The van der Waals surface area contributed by atoms with Gasteiger partial charge >= 0.3 is 27.6 Å². The summed E-state index contributed by atoms with van der Waals surface area (Å²) in [5.41, 5.74) is 0. The van der Waals surface area contributed by atoms with Crippen molar-refractivity contribution in [2.75, 3.05) is 26.4 Å². The molecule has 0 heterocycles. The monoisotopic (exact) mass is 919 g/mol. The van der Waals surface area contributed by atoms with Gasteiger partial charge in [0, 0.05) is 12.8 Å². The van der Waals surface area contributed by atoms with E-state index in [2.05, 4.69) is 59.4 Å². The van der Waals surface area contributed by atoms with Crippen LogP contribution in [0, 0.1) is 0 Å². The molecule has 358 valence electrons. The number of phosphoric ester groups is 2. The van der Waals surface area contributed by atoms with Crippen LogP contribution in [0.5, 0.6) is 0 Å². The molecule has 0 fully saturated rings. The number of hydrogen-bond donors (Lipinski definition) is 5. The molecule has 0 saturated heterocycles. The summed E-state index contributed by atoms with van der Waals surface area (Å²) in [5, 5.41) is 19.9. The van der Waals surface area contributed by atoms with Crippen molar-refractivity contribution < 1.29 is 66.7 Å². The number of carbonyl (C=O) groups is 2. The van der Waals surface area contributed by atoms with Gasteiger partial charge in [-0.15, -0.1) is 0 Å². The van der Waals surface area contributed by atoms with Crippen molar-refractivity contribution in [2.24, 2.45) is 0 Å². The van der Waals surface area contributed by atoms with E-state index in [1.165, 1.54) is 38.5 Å². The van der Waals surface area contributed by atoms with E-state index in [1.807, 2.05) is 18.2 Å². The third-order valence-electron chi connectivity index (χ3n) is 9.14. The predicted molar refractivity (Wildman–Crippen MR) is 245 cm³/mol. The van der Waals surface area contributed by atoms with Gasteiger partial charge in [-0.2, -0.15) is 0 Å². The number of phosphoric acid groups is 2. The highest BCUT2D eigenvalue weighted by atomic mass is 31.2. The summed E-state index contributed by atoms with van der Waals surface area (Å²) in [7, 11) is -9.73. The summed E-state index contributed by atoms with van der Waals surface area (Å²) in [5.74, 6) is -1.17. The third-order valence-corrected chi connectivity index (χ3v) is 10.6. The molecule has 0 spiro atoms. The van der Waals surface area contributed by atoms with Gasteiger partial charge < -0.3 is 34.4 Å². The summed E-state index contributed by atoms with van der Waals surface area (Å²) < 4.78 is 47.7. The lowest BCUT2D eigenvalue weighted by atomic mass is 10.1. The molecular formula is C46H80O14P2. The first kappa shape index (κ1) is 59.5. The number of ether oxygens (including phenoxy) is 2. The third kappa shape index (κ3) is 44.1. The van der Waals surface area contributed by atoms with Gasteiger partial charge in [-0.1, -0.05) is 145 Å². The van der Waals surface area contributed by atoms with Crippen molar-refractivity contribution in [3.05, 3.63) is 72.9 Å². The molecule has 0 saturated carbocycles. The maximum Gasteiger partial charge on any atom is 0.472 e. The molecule has 5 N–H and O–H groups in total. The minimum atomic E-state index is -4.88. The van der Waals surface area contributed by atoms with Gasteiger partial charge in [0.25, 0.3) is 0 Å². The lowest BCUT2D eigenvalue weighted by Crippen LogP contribution is -2.30. The number of aliphatic hydroxyl groups excluding tert-OH is 2. The first-order chi connectivity index (χ1) is 29.8. The SMILES string of the molecule is CCCCC/C=C\C/C=C\CCCCCCCCCC(=O)O[C@H](COC(=O)CCC/C=C/C=C\C(O)C/C=C\C/C=C\CCCCC)COP(=O)(O)OC[C@@H](O)COP(=O)(O)O. The molecule has 0 bridgehead atoms. The Balaban J connectivity index is 4.68. The number of aliphatic hydroxyl groups is 2. The van der Waals surface area contributed by atoms with Crippen LogP contribution in [0.25, 0.3) is 0 Å². The number of carbonyl (C=O) groups excluding carboxylic acids is 2. The molecule has 0 aliphatic heterocycles. The quantitative estimate of drug-likeness (QED) is 0.0127. The molecule has 0 rings (SSSR count). The summed E-state index contributed by atoms with van der Waals surface area (Å²) in [6.07, 6.45) is 42.0. The van der Waals surface area contributed by atoms with Gasteiger partial charge in [0.05, 0.1) is 25.9 Å². The Morgan fingerprint density at radius 1 is 0.532 bits per heavy atom. The normalized spacial score (nSPS) is 15.1. The molecule has 2 unspecified atom stereocenters. The number of unbranched alkanes of at least 4 members (excludes halogenated alkanes) is 14. The predicted octanol–water partition coefficient (Wildman–Crippen LogP) is 10.8. The highest BCUT2D eigenvalue weighted by Crippen LogP contribution is 2.43. The van der Waals surface area contributed by atoms with Crippen LogP contribution in [-0.4, -0.2) is 81.6 Å². The molecule has 4 atom stereocenters. The van der Waals surface area contributed by atoms with Crippen LogP contribution in [-0.2, 0) is 41.8 Å². The van der Waals surface area contributed by atoms with Gasteiger partial charge in [0.2, 0.25) is 0 Å². The van der Waals surface area contributed by atoms with Gasteiger partial charge in [0.15, 0.2) is 6.10 Å². The average molecular weight is 919 g/mol. The van der Waals surface area contributed by atoms with Crippen molar-refractivity contribution in [3.63, 3.8) is 0 Å². The van der Waals surface area contributed by atoms with E-state index < -0.39 is 72.3 Å². The van der Waals surface area contributed by atoms with Gasteiger partial charge in [0.1, 0.15) is 12.7 Å². The second-order valence-electron chi connectivity index (χ2n) is 15.2. The molecule has 0 radical (unpaired) electrons. The molecule has 62 heavy (non-hydrogen) atoms. The fourth-order valence-electron chi connectivity index (χ4n) is 5.63. The van der Waals surface area contributed by atoms with Crippen LogP contribution in [0.4, 0.5) is 0 Å². The molecule has 0 aliphatic carbocycles. The summed E-state index contributed by atoms with van der Waals surface area (Å²) in [6.45, 7) is 1.53. The summed E-state index contributed by atoms with van der Waals surface area (Å²) >= 11 is 0. The molecule has 0 aliphatic rings. The first-order valence-corrected chi connectivity index (χ1v) is 25.8. The maximum atomic E-state index is 12.7. The lowest BCUT2D eigenvalue weighted by Gasteiger charge is -2.20. The molecule has 0 aromatic carbocycles. The van der Waals surface area contributed by atoms with Crippen LogP contribution in [0.15, 0.2) is 72.9 Å². The van der Waals surface area contributed by atoms with Crippen LogP contribution in [0.1, 0.15) is 162 Å². The molecule has 14 nitrogen and oxygen atoms in total. The van der Waals surface area contributed by atoms with E-state index in [-0.39, 0.29) is 12.8 Å². The van der Waals surface area contributed by atoms with Gasteiger partial charge in [-0.25, -0.2) is 9.13 Å². The Bertz CT molecular complexity index is 1390. The Kier molecular flexibility index (Phi) is 39.6. The van der Waals surface area contributed by atoms with Crippen LogP contribution < -0.4 is 0 Å². The van der Waals surface area contributed by atoms with Crippen LogP contribution in [0.3, 0.4) is 0 Å². The molecular weight excluding hydrogens is 838 g/mol. The zero-order valence-corrected chi connectivity index (χ0v) is 39.3. The standard InChI is InChI=1S/C46H80O14P2/c1-3-5-7-9-11-13-14-15-16-17-18-19-20-22-24-28-33-37-46(50)60-44(41-59-62(54,55)58-39-43(48)38-57-61(51,52)53)40-56-45(49)36-32-29-25-27-31-35-42(47)34-30-26-23-21-12-10-8-6-4-2/h11-13,15-16,21,25-27,30-31,35,42-44,47-48H,3-10,14,17-20,22-24,28-29,32-34,36-41H2,1-2H3,(H,54,55)(H2,51,52,53)/b13-11-,16-15-,21-12-,27-25+,30-26-,35-31-/t42?,43-,44+/m0/s1. The van der Waals surface area contributed by atoms with E-state index in [0.717, 1.165) is 70.6 Å². The first-order valence-electron chi connectivity index (χ1n) is 22.7. The van der Waals surface area contributed by atoms with E-state index in [4.69, 9.17) is 23.8 Å². The molecule has 0 aromatic rings. The van der Waals surface area contributed by atoms with Crippen molar-refractivity contribution in [1.29, 1.82) is 0 Å². The summed E-state index contributed by atoms with van der Waals surface area (Å²) in [6, 6.07) is 0. The van der Waals surface area contributed by atoms with Crippen molar-refractivity contribution in [2.45, 2.75) is 180 Å². The van der Waals surface area contributed by atoms with E-state index in [0.29, 0.717) is 25.7 Å². The molecule has 16 heteroatoms. The van der Waals surface area contributed by atoms with Crippen molar-refractivity contribution in [1.82, 2.24) is 0 Å². The lowest BCUT2D eigenvalue weighted by molar-refractivity contribution is -0.161. The van der Waals surface area contributed by atoms with Crippen LogP contribution in [0.2, 0.25) is 0 Å². The smallest absolute Gasteiger partial charge is 0.462 e.